The molecule has 0 unspecified atom stereocenters. The number of aryl methyl sites for hydroxylation is 2. The summed E-state index contributed by atoms with van der Waals surface area (Å²) in [5.74, 6) is -0.0195. The summed E-state index contributed by atoms with van der Waals surface area (Å²) < 4.78 is 16.8. The van der Waals surface area contributed by atoms with E-state index in [1.807, 2.05) is 165 Å². The molecule has 0 saturated heterocycles. The monoisotopic (exact) mass is 1320 g/mol. The second-order valence-corrected chi connectivity index (χ2v) is 27.8. The lowest BCUT2D eigenvalue weighted by Gasteiger charge is -2.20. The van der Waals surface area contributed by atoms with Crippen molar-refractivity contribution in [3.8, 4) is 22.3 Å². The summed E-state index contributed by atoms with van der Waals surface area (Å²) in [5.41, 5.74) is 16.9. The Morgan fingerprint density at radius 2 is 0.968 bits per heavy atom. The van der Waals surface area contributed by atoms with Crippen LogP contribution in [0, 0.1) is 27.7 Å². The molecule has 0 bridgehead atoms. The summed E-state index contributed by atoms with van der Waals surface area (Å²) in [7, 11) is -1.04. The van der Waals surface area contributed by atoms with Crippen molar-refractivity contribution in [3.63, 3.8) is 0 Å². The molecule has 2 aliphatic carbocycles. The highest BCUT2D eigenvalue weighted by atomic mass is 79.9. The minimum atomic E-state index is -1.04. The number of fused-ring (bicyclic) bond motifs is 2. The van der Waals surface area contributed by atoms with Crippen molar-refractivity contribution in [1.82, 2.24) is 29.7 Å². The average Bonchev–Trinajstić information content (AvgIpc) is 1.62. The number of hydrogen-bond acceptors (Lipinski definition) is 10. The van der Waals surface area contributed by atoms with Crippen LogP contribution >= 0.6 is 15.9 Å². The number of nitrogens with zero attached hydrogens (tertiary/aromatic N) is 4. The molecular formula is C78H84BBrN6O8. The number of benzene rings is 6. The van der Waals surface area contributed by atoms with Crippen molar-refractivity contribution in [2.24, 2.45) is 0 Å². The number of carbonyl (C=O) groups is 4. The molecule has 4 aromatic heterocycles. The first kappa shape index (κ1) is 67.9. The normalized spacial score (nSPS) is 13.6. The maximum absolute atomic E-state index is 13.3. The number of esters is 2. The van der Waals surface area contributed by atoms with Crippen LogP contribution in [0.4, 0.5) is 0 Å². The summed E-state index contributed by atoms with van der Waals surface area (Å²) >= 11 is 3.40. The van der Waals surface area contributed by atoms with Crippen LogP contribution in [0.15, 0.2) is 175 Å². The van der Waals surface area contributed by atoms with Gasteiger partial charge in [-0.2, -0.15) is 0 Å². The first-order valence-corrected chi connectivity index (χ1v) is 33.1. The minimum absolute atomic E-state index is 0.107. The molecule has 2 atom stereocenters. The van der Waals surface area contributed by atoms with Gasteiger partial charge in [-0.05, 0) is 240 Å². The lowest BCUT2D eigenvalue weighted by atomic mass is 9.84. The second-order valence-electron chi connectivity index (χ2n) is 26.9. The number of halogens is 1. The van der Waals surface area contributed by atoms with E-state index in [0.717, 1.165) is 106 Å². The summed E-state index contributed by atoms with van der Waals surface area (Å²) in [5, 5.41) is 24.8. The van der Waals surface area contributed by atoms with E-state index in [9.17, 15) is 19.2 Å². The van der Waals surface area contributed by atoms with Gasteiger partial charge in [0.25, 0.3) is 11.8 Å². The van der Waals surface area contributed by atoms with Gasteiger partial charge in [0.15, 0.2) is 0 Å². The van der Waals surface area contributed by atoms with Crippen LogP contribution in [0.3, 0.4) is 0 Å². The third-order valence-electron chi connectivity index (χ3n) is 17.3. The van der Waals surface area contributed by atoms with E-state index >= 15 is 0 Å². The van der Waals surface area contributed by atoms with Gasteiger partial charge in [0, 0.05) is 74.3 Å². The molecule has 0 aliphatic heterocycles. The average molecular weight is 1320 g/mol. The Hall–Kier alpha value is -8.96. The van der Waals surface area contributed by atoms with Gasteiger partial charge >= 0.3 is 19.1 Å². The topological polar surface area (TPSA) is 187 Å². The van der Waals surface area contributed by atoms with Crippen LogP contribution in [0.5, 0.6) is 0 Å². The maximum atomic E-state index is 13.3. The van der Waals surface area contributed by atoms with Crippen LogP contribution in [0.1, 0.15) is 191 Å². The molecule has 484 valence electrons. The van der Waals surface area contributed by atoms with E-state index in [0.29, 0.717) is 41.3 Å². The van der Waals surface area contributed by atoms with Crippen molar-refractivity contribution < 1.29 is 38.7 Å². The third-order valence-corrected chi connectivity index (χ3v) is 17.8. The maximum Gasteiger partial charge on any atom is 0.454 e. The summed E-state index contributed by atoms with van der Waals surface area (Å²) in [6.07, 6.45) is 8.17. The van der Waals surface area contributed by atoms with Crippen LogP contribution in [0.2, 0.25) is 5.82 Å². The quantitative estimate of drug-likeness (QED) is 0.0536. The minimum Gasteiger partial charge on any atom is -0.456 e. The zero-order valence-corrected chi connectivity index (χ0v) is 57.4. The first-order valence-electron chi connectivity index (χ1n) is 32.3. The van der Waals surface area contributed by atoms with Crippen molar-refractivity contribution in [2.75, 3.05) is 0 Å². The fraction of sp³-hybridized carbons (Fsp3) is 0.308. The molecule has 12 rings (SSSR count). The lowest BCUT2D eigenvalue weighted by molar-refractivity contribution is 0.00578. The number of hydrogen-bond donors (Lipinski definition) is 4. The van der Waals surface area contributed by atoms with Crippen molar-refractivity contribution in [2.45, 2.75) is 157 Å². The Labute approximate surface area is 560 Å². The van der Waals surface area contributed by atoms with Crippen molar-refractivity contribution in [3.05, 3.63) is 247 Å². The van der Waals surface area contributed by atoms with Gasteiger partial charge in [-0.3, -0.25) is 19.6 Å². The SMILES string of the molecule is Cc1c(C)n(Cc2ccc(-c3ccccc3C(=O)OC(C)(C)C)cc2)c2ccc(C(=O)N[C@@H](C)c3ccc(Br)cn3)cc12.Cc1c(C)n(Cc2ccc(-c3ccccc3C(=O)OC(C)(C)C)cc2)c2ccc(C(=O)N[C@@H](C)c3ccc(C4CC4)cn3)cc12.OB(O)C1CC1. The van der Waals surface area contributed by atoms with Crippen molar-refractivity contribution in [1.29, 1.82) is 0 Å². The molecule has 0 spiro atoms. The highest BCUT2D eigenvalue weighted by molar-refractivity contribution is 9.10. The molecule has 6 aromatic carbocycles. The fourth-order valence-electron chi connectivity index (χ4n) is 11.5. The number of carbonyl (C=O) groups excluding carboxylic acids is 4. The van der Waals surface area contributed by atoms with Crippen LogP contribution in [-0.4, -0.2) is 71.2 Å². The number of ether oxygens (including phenoxy) is 2. The van der Waals surface area contributed by atoms with Gasteiger partial charge in [-0.1, -0.05) is 104 Å². The molecule has 4 heterocycles. The number of amides is 2. The summed E-state index contributed by atoms with van der Waals surface area (Å²) in [6.45, 7) is 25.0. The summed E-state index contributed by atoms with van der Waals surface area (Å²) in [4.78, 5) is 61.2. The molecule has 14 nitrogen and oxygen atoms in total. The highest BCUT2D eigenvalue weighted by Gasteiger charge is 2.33. The molecule has 2 saturated carbocycles. The Balaban J connectivity index is 0.000000188. The number of rotatable bonds is 16. The van der Waals surface area contributed by atoms with Crippen LogP contribution in [0.25, 0.3) is 44.1 Å². The predicted molar refractivity (Wildman–Crippen MR) is 378 cm³/mol. The van der Waals surface area contributed by atoms with E-state index < -0.39 is 18.3 Å². The molecule has 10 aromatic rings. The molecule has 2 fully saturated rings. The molecule has 2 amide bonds. The lowest BCUT2D eigenvalue weighted by Crippen LogP contribution is -2.27. The third kappa shape index (κ3) is 16.7. The smallest absolute Gasteiger partial charge is 0.454 e. The Morgan fingerprint density at radius 3 is 1.32 bits per heavy atom. The first-order chi connectivity index (χ1) is 44.7. The zero-order chi connectivity index (χ0) is 67.3. The number of aromatic nitrogens is 4. The fourth-order valence-corrected chi connectivity index (χ4v) is 11.7. The molecule has 16 heteroatoms. The highest BCUT2D eigenvalue weighted by Crippen LogP contribution is 2.40. The molecule has 0 radical (unpaired) electrons. The van der Waals surface area contributed by atoms with Gasteiger partial charge in [-0.15, -0.1) is 0 Å². The van der Waals surface area contributed by atoms with Gasteiger partial charge in [-0.25, -0.2) is 9.59 Å². The van der Waals surface area contributed by atoms with E-state index in [1.54, 1.807) is 6.20 Å². The van der Waals surface area contributed by atoms with Crippen LogP contribution in [-0.2, 0) is 22.6 Å². The van der Waals surface area contributed by atoms with E-state index in [4.69, 9.17) is 19.5 Å². The van der Waals surface area contributed by atoms with Gasteiger partial charge in [0.05, 0.1) is 34.6 Å². The Bertz CT molecular complexity index is 4380. The van der Waals surface area contributed by atoms with E-state index in [2.05, 4.69) is 128 Å². The molecule has 94 heavy (non-hydrogen) atoms. The van der Waals surface area contributed by atoms with Crippen molar-refractivity contribution >= 4 is 68.6 Å². The largest absolute Gasteiger partial charge is 0.456 e. The predicted octanol–water partition coefficient (Wildman–Crippen LogP) is 16.9. The molecule has 4 N–H and O–H groups in total. The molecule has 2 aliphatic rings. The Morgan fingerprint density at radius 1 is 0.553 bits per heavy atom. The number of pyridine rings is 2. The van der Waals surface area contributed by atoms with Crippen LogP contribution < -0.4 is 10.6 Å². The second kappa shape index (κ2) is 28.7. The van der Waals surface area contributed by atoms with E-state index in [1.165, 1.54) is 18.4 Å². The molecular weight excluding hydrogens is 1240 g/mol. The van der Waals surface area contributed by atoms with E-state index in [-0.39, 0.29) is 41.7 Å². The standard InChI is InChI=1S/C39H41N3O3.C36H36BrN3O3.C3H7BO2/c1-24-26(3)42(23-27-11-13-29(14-12-27)32-9-7-8-10-33(32)38(44)45-39(4,5)6)36-20-18-30(21-34(24)36)37(43)41-25(2)35-19-17-31(22-40-35)28-15-16-28;1-22-24(3)40(33-18-15-27(19-31(22)33)34(41)39-23(2)32-17-16-28(37)20-38-32)21-25-11-13-26(14-12-25)29-9-7-8-10-30(29)35(42)43-36(4,5)6;5-4(6)3-1-2-3/h7-14,17-22,25,28H,15-16,23H2,1-6H3,(H,41,43);7-20,23H,21H2,1-6H3,(H,39,41);3,5-6H,1-2H2/t25-;23-;/m00./s1. The summed E-state index contributed by atoms with van der Waals surface area (Å²) in [6, 6.07) is 51.2. The zero-order valence-electron chi connectivity index (χ0n) is 55.8. The van der Waals surface area contributed by atoms with Gasteiger partial charge < -0.3 is 39.3 Å². The van der Waals surface area contributed by atoms with Gasteiger partial charge in [0.2, 0.25) is 0 Å². The number of nitrogens with one attached hydrogen (secondary N) is 2. The Kier molecular flexibility index (Phi) is 20.8. The van der Waals surface area contributed by atoms with Gasteiger partial charge in [0.1, 0.15) is 11.2 Å².